The van der Waals surface area contributed by atoms with Crippen LogP contribution in [0.15, 0.2) is 5.16 Å². The summed E-state index contributed by atoms with van der Waals surface area (Å²) in [4.78, 5) is 48.3. The Morgan fingerprint density at radius 2 is 1.82 bits per heavy atom. The topological polar surface area (TPSA) is 133 Å². The van der Waals surface area contributed by atoms with Crippen molar-refractivity contribution >= 4 is 73.3 Å². The molecule has 3 heterocycles. The highest BCUT2D eigenvalue weighted by Gasteiger charge is 2.27. The molecule has 33 heavy (non-hydrogen) atoms. The van der Waals surface area contributed by atoms with Crippen LogP contribution in [0.4, 0.5) is 10.8 Å². The van der Waals surface area contributed by atoms with Gasteiger partial charge in [-0.05, 0) is 43.7 Å². The molecule has 0 spiro atoms. The van der Waals surface area contributed by atoms with E-state index < -0.39 is 11.9 Å². The lowest BCUT2D eigenvalue weighted by Gasteiger charge is -2.10. The second kappa shape index (κ2) is 9.65. The number of nitrogens with zero attached hydrogens (tertiary/aromatic N) is 2. The number of fused-ring (bicyclic) bond motifs is 3. The number of anilines is 2. The largest absolute Gasteiger partial charge is 0.465 e. The number of nitrogens with one attached hydrogen (secondary N) is 1. The van der Waals surface area contributed by atoms with Gasteiger partial charge in [-0.15, -0.1) is 22.7 Å². The number of carbonyl (C=O) groups excluding carboxylic acids is 3. The fourth-order valence-corrected chi connectivity index (χ4v) is 6.87. The van der Waals surface area contributed by atoms with Gasteiger partial charge in [0.1, 0.15) is 20.5 Å². The summed E-state index contributed by atoms with van der Waals surface area (Å²) in [7, 11) is 2.49. The Kier molecular flexibility index (Phi) is 6.86. The zero-order valence-corrected chi connectivity index (χ0v) is 20.7. The average molecular weight is 507 g/mol. The highest BCUT2D eigenvalue weighted by atomic mass is 32.2. The van der Waals surface area contributed by atoms with Crippen molar-refractivity contribution in [3.05, 3.63) is 26.4 Å². The van der Waals surface area contributed by atoms with Crippen LogP contribution in [0.5, 0.6) is 0 Å². The highest BCUT2D eigenvalue weighted by molar-refractivity contribution is 7.99. The second-order valence-electron chi connectivity index (χ2n) is 7.36. The van der Waals surface area contributed by atoms with Gasteiger partial charge in [0.2, 0.25) is 5.91 Å². The van der Waals surface area contributed by atoms with Gasteiger partial charge in [0.25, 0.3) is 0 Å². The predicted octanol–water partition coefficient (Wildman–Crippen LogP) is 3.83. The van der Waals surface area contributed by atoms with Crippen LogP contribution < -0.4 is 11.1 Å². The van der Waals surface area contributed by atoms with Gasteiger partial charge in [-0.3, -0.25) is 4.79 Å². The molecule has 0 saturated carbocycles. The zero-order valence-electron chi connectivity index (χ0n) is 18.3. The molecule has 3 aromatic heterocycles. The molecule has 0 fully saturated rings. The van der Waals surface area contributed by atoms with Crippen LogP contribution in [-0.2, 0) is 27.1 Å². The van der Waals surface area contributed by atoms with E-state index in [1.165, 1.54) is 31.1 Å². The first-order chi connectivity index (χ1) is 15.8. The van der Waals surface area contributed by atoms with E-state index in [9.17, 15) is 14.4 Å². The van der Waals surface area contributed by atoms with E-state index in [0.717, 1.165) is 52.6 Å². The number of ether oxygens (including phenoxy) is 2. The van der Waals surface area contributed by atoms with E-state index in [0.29, 0.717) is 16.5 Å². The molecular formula is C21H22N4O5S3. The fourth-order valence-electron chi connectivity index (χ4n) is 3.76. The molecular weight excluding hydrogens is 484 g/mol. The first-order valence-corrected chi connectivity index (χ1v) is 12.8. The van der Waals surface area contributed by atoms with Crippen molar-refractivity contribution in [2.24, 2.45) is 0 Å². The molecule has 9 nitrogen and oxygen atoms in total. The van der Waals surface area contributed by atoms with Crippen molar-refractivity contribution in [3.8, 4) is 0 Å². The maximum atomic E-state index is 12.6. The molecule has 0 saturated heterocycles. The number of hydrogen-bond donors (Lipinski definition) is 2. The van der Waals surface area contributed by atoms with E-state index in [1.54, 1.807) is 18.3 Å². The third kappa shape index (κ3) is 4.55. The number of thioether (sulfide) groups is 1. The van der Waals surface area contributed by atoms with Gasteiger partial charge in [0, 0.05) is 4.88 Å². The second-order valence-corrected chi connectivity index (χ2v) is 10.4. The first-order valence-electron chi connectivity index (χ1n) is 10.1. The van der Waals surface area contributed by atoms with Gasteiger partial charge >= 0.3 is 11.9 Å². The normalized spacial score (nSPS) is 12.9. The van der Waals surface area contributed by atoms with Crippen molar-refractivity contribution in [2.45, 2.75) is 37.8 Å². The Labute approximate surface area is 202 Å². The Morgan fingerprint density at radius 1 is 1.09 bits per heavy atom. The van der Waals surface area contributed by atoms with Gasteiger partial charge in [0.05, 0.1) is 30.9 Å². The quantitative estimate of drug-likeness (QED) is 0.291. The van der Waals surface area contributed by atoms with Crippen LogP contribution >= 0.6 is 34.4 Å². The molecule has 0 aliphatic heterocycles. The molecule has 12 heteroatoms. The maximum absolute atomic E-state index is 12.6. The minimum Gasteiger partial charge on any atom is -0.465 e. The standard InChI is InChI=1S/C21H22N4O5S3/c1-9-13(19(27)29-2)17(33-15(9)20(28)30-3)23-12(26)8-31-21-24-16(22)14-10-6-4-5-7-11(10)32-18(14)25-21/h4-8H2,1-3H3,(H,23,26)(H2,22,24,25). The van der Waals surface area contributed by atoms with Gasteiger partial charge in [-0.25, -0.2) is 19.6 Å². The van der Waals surface area contributed by atoms with Crippen molar-refractivity contribution in [1.29, 1.82) is 0 Å². The van der Waals surface area contributed by atoms with Crippen molar-refractivity contribution < 1.29 is 23.9 Å². The summed E-state index contributed by atoms with van der Waals surface area (Å²) in [6.07, 6.45) is 4.34. The number of thiophene rings is 2. The zero-order chi connectivity index (χ0) is 23.7. The SMILES string of the molecule is COC(=O)c1sc(NC(=O)CSc2nc(N)c3c4c(sc3n2)CCCC4)c(C(=O)OC)c1C. The molecule has 0 unspecified atom stereocenters. The molecule has 3 aromatic rings. The van der Waals surface area contributed by atoms with Gasteiger partial charge in [0.15, 0.2) is 5.16 Å². The Morgan fingerprint density at radius 3 is 2.55 bits per heavy atom. The molecule has 1 aliphatic rings. The van der Waals surface area contributed by atoms with Gasteiger partial charge < -0.3 is 20.5 Å². The van der Waals surface area contributed by atoms with Gasteiger partial charge in [-0.2, -0.15) is 0 Å². The Hall–Kier alpha value is -2.70. The third-order valence-corrected chi connectivity index (χ3v) is 8.53. The summed E-state index contributed by atoms with van der Waals surface area (Å²) in [6.45, 7) is 1.60. The summed E-state index contributed by atoms with van der Waals surface area (Å²) in [5, 5.41) is 4.28. The van der Waals surface area contributed by atoms with Crippen LogP contribution in [0.3, 0.4) is 0 Å². The minimum absolute atomic E-state index is 0.00114. The lowest BCUT2D eigenvalue weighted by atomic mass is 9.97. The molecule has 4 rings (SSSR count). The first kappa shape index (κ1) is 23.5. The fraction of sp³-hybridized carbons (Fsp3) is 0.381. The summed E-state index contributed by atoms with van der Waals surface area (Å²) in [5.74, 6) is -1.18. The molecule has 0 atom stereocenters. The van der Waals surface area contributed by atoms with Gasteiger partial charge in [-0.1, -0.05) is 11.8 Å². The number of esters is 2. The summed E-state index contributed by atoms with van der Waals surface area (Å²) in [5.41, 5.74) is 8.02. The van der Waals surface area contributed by atoms with Crippen LogP contribution in [0.2, 0.25) is 0 Å². The van der Waals surface area contributed by atoms with Crippen molar-refractivity contribution in [1.82, 2.24) is 9.97 Å². The molecule has 0 bridgehead atoms. The Bertz CT molecular complexity index is 1270. The van der Waals surface area contributed by atoms with E-state index in [1.807, 2.05) is 0 Å². The number of hydrogen-bond acceptors (Lipinski definition) is 11. The molecule has 174 valence electrons. The maximum Gasteiger partial charge on any atom is 0.348 e. The van der Waals surface area contributed by atoms with Crippen LogP contribution in [0, 0.1) is 6.92 Å². The molecule has 0 aromatic carbocycles. The number of methoxy groups -OCH3 is 2. The van der Waals surface area contributed by atoms with E-state index in [2.05, 4.69) is 15.3 Å². The lowest BCUT2D eigenvalue weighted by molar-refractivity contribution is -0.113. The molecule has 3 N–H and O–H groups in total. The Balaban J connectivity index is 1.51. The average Bonchev–Trinajstić information content (AvgIpc) is 3.34. The highest BCUT2D eigenvalue weighted by Crippen LogP contribution is 2.39. The van der Waals surface area contributed by atoms with E-state index in [4.69, 9.17) is 15.2 Å². The molecule has 1 aliphatic carbocycles. The van der Waals surface area contributed by atoms with Crippen LogP contribution in [0.1, 0.15) is 48.9 Å². The number of amides is 1. The number of rotatable bonds is 6. The smallest absolute Gasteiger partial charge is 0.348 e. The molecule has 1 amide bonds. The summed E-state index contributed by atoms with van der Waals surface area (Å²) in [6, 6.07) is 0. The number of aryl methyl sites for hydroxylation is 2. The van der Waals surface area contributed by atoms with E-state index in [-0.39, 0.29) is 27.1 Å². The lowest BCUT2D eigenvalue weighted by Crippen LogP contribution is -2.16. The van der Waals surface area contributed by atoms with Crippen LogP contribution in [-0.4, -0.2) is 47.8 Å². The number of aromatic nitrogens is 2. The monoisotopic (exact) mass is 506 g/mol. The van der Waals surface area contributed by atoms with Crippen LogP contribution in [0.25, 0.3) is 10.2 Å². The predicted molar refractivity (Wildman–Crippen MR) is 130 cm³/mol. The molecule has 0 radical (unpaired) electrons. The number of nitrogens with two attached hydrogens (primary N) is 1. The third-order valence-electron chi connectivity index (χ3n) is 5.31. The van der Waals surface area contributed by atoms with Crippen molar-refractivity contribution in [3.63, 3.8) is 0 Å². The number of carbonyl (C=O) groups is 3. The van der Waals surface area contributed by atoms with Crippen molar-refractivity contribution in [2.75, 3.05) is 31.0 Å². The summed E-state index contributed by atoms with van der Waals surface area (Å²) >= 11 is 3.76. The van der Waals surface area contributed by atoms with E-state index >= 15 is 0 Å². The minimum atomic E-state index is -0.648. The summed E-state index contributed by atoms with van der Waals surface area (Å²) < 4.78 is 9.57. The number of nitrogen functional groups attached to an aromatic ring is 1.